The Labute approximate surface area is 167 Å². The molecule has 158 valence electrons. The van der Waals surface area contributed by atoms with E-state index in [1.807, 2.05) is 0 Å². The summed E-state index contributed by atoms with van der Waals surface area (Å²) in [6.45, 7) is 16.5. The third-order valence-electron chi connectivity index (χ3n) is 5.18. The Morgan fingerprint density at radius 3 is 2.29 bits per heavy atom. The van der Waals surface area contributed by atoms with Crippen LogP contribution < -0.4 is 0 Å². The zero-order valence-electron chi connectivity index (χ0n) is 18.2. The minimum Gasteiger partial charge on any atom is -0.444 e. The van der Waals surface area contributed by atoms with Crippen LogP contribution in [0.4, 0.5) is 4.79 Å². The first-order valence-electron chi connectivity index (χ1n) is 9.44. The van der Waals surface area contributed by atoms with Crippen LogP contribution in [0, 0.1) is 0 Å². The van der Waals surface area contributed by atoms with Crippen LogP contribution >= 0.6 is 0 Å². The Morgan fingerprint density at radius 1 is 1.21 bits per heavy atom. The number of rotatable bonds is 6. The highest BCUT2D eigenvalue weighted by atomic mass is 28.4. The van der Waals surface area contributed by atoms with Crippen molar-refractivity contribution in [3.63, 3.8) is 0 Å². The van der Waals surface area contributed by atoms with Gasteiger partial charge in [0.15, 0.2) is 8.32 Å². The quantitative estimate of drug-likeness (QED) is 0.251. The second-order valence-electron chi connectivity index (χ2n) is 9.62. The Bertz CT molecular complexity index is 659. The molecule has 0 saturated carbocycles. The normalized spacial score (nSPS) is 21.5. The highest BCUT2D eigenvalue weighted by Gasteiger charge is 2.46. The summed E-state index contributed by atoms with van der Waals surface area (Å²) in [4.78, 5) is 20.0. The molecule has 1 saturated heterocycles. The van der Waals surface area contributed by atoms with Gasteiger partial charge in [-0.05, 0) is 56.4 Å². The molecular formula is C17H33N7O3Si. The van der Waals surface area contributed by atoms with Crippen molar-refractivity contribution in [3.8, 4) is 0 Å². The van der Waals surface area contributed by atoms with E-state index >= 15 is 0 Å². The van der Waals surface area contributed by atoms with Gasteiger partial charge in [-0.25, -0.2) is 4.79 Å². The molecule has 1 aliphatic heterocycles. The number of likely N-dealkylation sites (tertiary alicyclic amines) is 1. The van der Waals surface area contributed by atoms with E-state index < -0.39 is 32.1 Å². The van der Waals surface area contributed by atoms with Gasteiger partial charge in [-0.15, -0.1) is 0 Å². The molecule has 0 spiro atoms. The maximum atomic E-state index is 12.8. The molecule has 1 aliphatic rings. The molecule has 3 atom stereocenters. The first kappa shape index (κ1) is 24.1. The lowest BCUT2D eigenvalue weighted by atomic mass is 10.1. The number of ether oxygens (including phenoxy) is 1. The third kappa shape index (κ3) is 6.59. The van der Waals surface area contributed by atoms with E-state index in [1.165, 1.54) is 0 Å². The van der Waals surface area contributed by atoms with Gasteiger partial charge in [-0.2, -0.15) is 0 Å². The van der Waals surface area contributed by atoms with Crippen LogP contribution in [0.1, 0.15) is 48.0 Å². The van der Waals surface area contributed by atoms with Gasteiger partial charge < -0.3 is 14.1 Å². The molecule has 0 radical (unpaired) electrons. The third-order valence-corrected chi connectivity index (χ3v) is 9.71. The highest BCUT2D eigenvalue weighted by molar-refractivity contribution is 6.74. The van der Waals surface area contributed by atoms with Crippen LogP contribution in [-0.4, -0.2) is 56.2 Å². The van der Waals surface area contributed by atoms with Crippen molar-refractivity contribution in [1.29, 1.82) is 0 Å². The summed E-state index contributed by atoms with van der Waals surface area (Å²) in [5, 5.41) is 7.35. The molecule has 1 unspecified atom stereocenters. The monoisotopic (exact) mass is 411 g/mol. The van der Waals surface area contributed by atoms with Gasteiger partial charge in [0.25, 0.3) is 0 Å². The summed E-state index contributed by atoms with van der Waals surface area (Å²) >= 11 is 0. The largest absolute Gasteiger partial charge is 0.444 e. The van der Waals surface area contributed by atoms with Gasteiger partial charge in [0.1, 0.15) is 5.60 Å². The van der Waals surface area contributed by atoms with Gasteiger partial charge in [0.05, 0.1) is 12.1 Å². The van der Waals surface area contributed by atoms with Crippen LogP contribution in [0.2, 0.25) is 18.1 Å². The first-order chi connectivity index (χ1) is 12.7. The molecule has 10 nitrogen and oxygen atoms in total. The van der Waals surface area contributed by atoms with Crippen molar-refractivity contribution < 1.29 is 14.0 Å². The smallest absolute Gasteiger partial charge is 0.410 e. The van der Waals surface area contributed by atoms with Crippen LogP contribution in [0.25, 0.3) is 20.9 Å². The highest BCUT2D eigenvalue weighted by Crippen LogP contribution is 2.39. The number of carbonyl (C=O) groups is 1. The standard InChI is InChI=1S/C17H33N7O3Si/c1-16(2,3)26-15(25)24-11-12(27-28(7,8)17(4,5)6)9-14(24)13(21-23-19)10-20-22-18/h12-14H,9-11H2,1-8H3/t12-,13?,14+/m1/s1. The maximum Gasteiger partial charge on any atom is 0.410 e. The van der Waals surface area contributed by atoms with Crippen LogP contribution in [-0.2, 0) is 9.16 Å². The average Bonchev–Trinajstić information content (AvgIpc) is 2.91. The van der Waals surface area contributed by atoms with E-state index in [4.69, 9.17) is 20.2 Å². The summed E-state index contributed by atoms with van der Waals surface area (Å²) in [6, 6.07) is -1.13. The zero-order chi connectivity index (χ0) is 21.8. The summed E-state index contributed by atoms with van der Waals surface area (Å²) in [6.07, 6.45) is -0.185. The van der Waals surface area contributed by atoms with Crippen LogP contribution in [0.15, 0.2) is 10.2 Å². The molecule has 0 aromatic rings. The molecule has 0 bridgehead atoms. The number of amides is 1. The van der Waals surface area contributed by atoms with Crippen molar-refractivity contribution >= 4 is 14.4 Å². The summed E-state index contributed by atoms with van der Waals surface area (Å²) in [5.74, 6) is 0. The van der Waals surface area contributed by atoms with Crippen molar-refractivity contribution in [2.24, 2.45) is 10.2 Å². The summed E-state index contributed by atoms with van der Waals surface area (Å²) in [5.41, 5.74) is 16.9. The van der Waals surface area contributed by atoms with E-state index in [0.29, 0.717) is 13.0 Å². The summed E-state index contributed by atoms with van der Waals surface area (Å²) in [7, 11) is -2.05. The molecule has 1 rings (SSSR count). The average molecular weight is 412 g/mol. The lowest BCUT2D eigenvalue weighted by Gasteiger charge is -2.38. The number of nitrogens with zero attached hydrogens (tertiary/aromatic N) is 7. The van der Waals surface area contributed by atoms with Gasteiger partial charge in [-0.1, -0.05) is 31.0 Å². The molecule has 0 aromatic carbocycles. The number of hydrogen-bond donors (Lipinski definition) is 0. The van der Waals surface area contributed by atoms with E-state index in [2.05, 4.69) is 53.9 Å². The number of carbonyl (C=O) groups excluding carboxylic acids is 1. The second kappa shape index (κ2) is 9.04. The SMILES string of the molecule is CC(C)(C)OC(=O)N1C[C@H](O[Si](C)(C)C(C)(C)C)C[C@H]1C(CN=[N+]=[N-])N=[N+]=[N-]. The van der Waals surface area contributed by atoms with Gasteiger partial charge >= 0.3 is 6.09 Å². The van der Waals surface area contributed by atoms with Gasteiger partial charge in [-0.3, -0.25) is 0 Å². The maximum absolute atomic E-state index is 12.8. The van der Waals surface area contributed by atoms with Gasteiger partial charge in [0, 0.05) is 29.0 Å². The van der Waals surface area contributed by atoms with Gasteiger partial charge in [0.2, 0.25) is 0 Å². The fraction of sp³-hybridized carbons (Fsp3) is 0.941. The molecule has 1 heterocycles. The second-order valence-corrected chi connectivity index (χ2v) is 14.4. The minimum absolute atomic E-state index is 0.0249. The fourth-order valence-electron chi connectivity index (χ4n) is 2.82. The van der Waals surface area contributed by atoms with Crippen molar-refractivity contribution in [2.75, 3.05) is 13.1 Å². The van der Waals surface area contributed by atoms with E-state index in [1.54, 1.807) is 25.7 Å². The molecule has 1 fully saturated rings. The van der Waals surface area contributed by atoms with E-state index in [0.717, 1.165) is 0 Å². The molecule has 28 heavy (non-hydrogen) atoms. The van der Waals surface area contributed by atoms with Crippen LogP contribution in [0.3, 0.4) is 0 Å². The number of azide groups is 2. The lowest BCUT2D eigenvalue weighted by Crippen LogP contribution is -2.46. The topological polar surface area (TPSA) is 136 Å². The van der Waals surface area contributed by atoms with E-state index in [-0.39, 0.29) is 17.7 Å². The first-order valence-corrected chi connectivity index (χ1v) is 12.3. The zero-order valence-corrected chi connectivity index (χ0v) is 19.2. The van der Waals surface area contributed by atoms with Crippen molar-refractivity contribution in [2.45, 2.75) is 89.9 Å². The molecule has 11 heteroatoms. The Morgan fingerprint density at radius 2 is 1.82 bits per heavy atom. The Hall–Kier alpha value is -1.93. The molecule has 0 N–H and O–H groups in total. The predicted molar refractivity (Wildman–Crippen MR) is 110 cm³/mol. The Kier molecular flexibility index (Phi) is 7.79. The van der Waals surface area contributed by atoms with Crippen molar-refractivity contribution in [1.82, 2.24) is 4.90 Å². The van der Waals surface area contributed by atoms with E-state index in [9.17, 15) is 4.79 Å². The molecule has 0 aliphatic carbocycles. The molecule has 1 amide bonds. The minimum atomic E-state index is -2.05. The fourth-order valence-corrected chi connectivity index (χ4v) is 4.18. The molecular weight excluding hydrogens is 378 g/mol. The summed E-state index contributed by atoms with van der Waals surface area (Å²) < 4.78 is 12.0. The Balaban J connectivity index is 3.14. The molecule has 0 aromatic heterocycles. The van der Waals surface area contributed by atoms with Crippen LogP contribution in [0.5, 0.6) is 0 Å². The number of hydrogen-bond acceptors (Lipinski definition) is 5. The van der Waals surface area contributed by atoms with Crippen molar-refractivity contribution in [3.05, 3.63) is 20.9 Å². The lowest BCUT2D eigenvalue weighted by molar-refractivity contribution is 0.0194. The predicted octanol–water partition coefficient (Wildman–Crippen LogP) is 5.38.